The first-order valence-corrected chi connectivity index (χ1v) is 12.0. The molecule has 0 saturated heterocycles. The smallest absolute Gasteiger partial charge is 0.260 e. The van der Waals surface area contributed by atoms with Crippen LogP contribution in [0.4, 0.5) is 9.52 Å². The molecule has 0 saturated carbocycles. The van der Waals surface area contributed by atoms with Gasteiger partial charge in [-0.2, -0.15) is 5.10 Å². The van der Waals surface area contributed by atoms with Crippen LogP contribution in [-0.2, 0) is 16.4 Å². The number of fused-ring (bicyclic) bond motifs is 1. The molecule has 0 radical (unpaired) electrons. The summed E-state index contributed by atoms with van der Waals surface area (Å²) in [5.74, 6) is -0.944. The van der Waals surface area contributed by atoms with Gasteiger partial charge in [-0.15, -0.1) is 0 Å². The summed E-state index contributed by atoms with van der Waals surface area (Å²) in [6, 6.07) is 12.4. The molecule has 4 aromatic rings. The maximum absolute atomic E-state index is 14.2. The second kappa shape index (κ2) is 8.56. The molecule has 0 aliphatic rings. The third kappa shape index (κ3) is 4.35. The van der Waals surface area contributed by atoms with Crippen LogP contribution in [0.3, 0.4) is 0 Å². The van der Waals surface area contributed by atoms with Crippen LogP contribution >= 0.6 is 11.3 Å². The van der Waals surface area contributed by atoms with E-state index in [-0.39, 0.29) is 28.3 Å². The van der Waals surface area contributed by atoms with E-state index in [0.29, 0.717) is 16.4 Å². The van der Waals surface area contributed by atoms with Gasteiger partial charge in [0.15, 0.2) is 15.0 Å². The second-order valence-corrected chi connectivity index (χ2v) is 10.0. The van der Waals surface area contributed by atoms with Gasteiger partial charge in [0.25, 0.3) is 5.91 Å². The van der Waals surface area contributed by atoms with Crippen molar-refractivity contribution in [1.29, 1.82) is 0 Å². The predicted octanol–water partition coefficient (Wildman–Crippen LogP) is 3.77. The Morgan fingerprint density at radius 3 is 2.71 bits per heavy atom. The van der Waals surface area contributed by atoms with Crippen molar-refractivity contribution >= 4 is 42.4 Å². The summed E-state index contributed by atoms with van der Waals surface area (Å²) < 4.78 is 41.0. The molecule has 0 spiro atoms. The lowest BCUT2D eigenvalue weighted by atomic mass is 10.2. The van der Waals surface area contributed by atoms with Crippen molar-refractivity contribution in [2.75, 3.05) is 17.2 Å². The van der Waals surface area contributed by atoms with Crippen molar-refractivity contribution in [2.24, 2.45) is 0 Å². The molecule has 0 aliphatic heterocycles. The fourth-order valence-corrected chi connectivity index (χ4v) is 5.01. The van der Waals surface area contributed by atoms with Crippen molar-refractivity contribution in [3.8, 4) is 0 Å². The molecule has 0 bridgehead atoms. The largest absolute Gasteiger partial charge is 0.282 e. The van der Waals surface area contributed by atoms with Crippen LogP contribution in [0, 0.1) is 5.82 Å². The monoisotopic (exact) mass is 458 g/mol. The van der Waals surface area contributed by atoms with E-state index in [1.807, 2.05) is 0 Å². The first-order valence-electron chi connectivity index (χ1n) is 9.56. The number of amides is 1. The lowest BCUT2D eigenvalue weighted by molar-refractivity contribution is 0.0985. The number of benzene rings is 2. The Balaban J connectivity index is 1.73. The number of anilines is 1. The Kier molecular flexibility index (Phi) is 5.84. The Bertz CT molecular complexity index is 1330. The van der Waals surface area contributed by atoms with Crippen molar-refractivity contribution in [3.05, 3.63) is 72.3 Å². The van der Waals surface area contributed by atoms with Gasteiger partial charge in [-0.1, -0.05) is 30.4 Å². The number of aromatic nitrogens is 3. The Morgan fingerprint density at radius 2 is 2.00 bits per heavy atom. The summed E-state index contributed by atoms with van der Waals surface area (Å²) in [4.78, 5) is 19.3. The third-order valence-corrected chi connectivity index (χ3v) is 7.54. The van der Waals surface area contributed by atoms with E-state index >= 15 is 0 Å². The number of rotatable bonds is 7. The molecule has 0 atom stereocenters. The van der Waals surface area contributed by atoms with E-state index in [2.05, 4.69) is 10.1 Å². The second-order valence-electron chi connectivity index (χ2n) is 6.74. The molecular formula is C21H19FN4O3S2. The lowest BCUT2D eigenvalue weighted by Crippen LogP contribution is -2.34. The zero-order valence-corrected chi connectivity index (χ0v) is 18.2. The quantitative estimate of drug-likeness (QED) is 0.421. The molecule has 0 aliphatic carbocycles. The van der Waals surface area contributed by atoms with E-state index in [1.165, 1.54) is 34.4 Å². The van der Waals surface area contributed by atoms with Gasteiger partial charge in [0, 0.05) is 24.5 Å². The van der Waals surface area contributed by atoms with Gasteiger partial charge in [0.1, 0.15) is 11.3 Å². The Labute approximate surface area is 182 Å². The molecule has 2 heterocycles. The van der Waals surface area contributed by atoms with Gasteiger partial charge in [0.05, 0.1) is 21.9 Å². The molecule has 1 amide bonds. The number of nitrogens with zero attached hydrogens (tertiary/aromatic N) is 4. The van der Waals surface area contributed by atoms with Gasteiger partial charge in [0.2, 0.25) is 0 Å². The molecule has 2 aromatic heterocycles. The van der Waals surface area contributed by atoms with Crippen LogP contribution < -0.4 is 4.90 Å². The van der Waals surface area contributed by atoms with Crippen molar-refractivity contribution in [2.45, 2.75) is 18.4 Å². The predicted molar refractivity (Wildman–Crippen MR) is 118 cm³/mol. The highest BCUT2D eigenvalue weighted by molar-refractivity contribution is 7.91. The maximum Gasteiger partial charge on any atom is 0.260 e. The van der Waals surface area contributed by atoms with Crippen molar-refractivity contribution in [3.63, 3.8) is 0 Å². The average molecular weight is 459 g/mol. The average Bonchev–Trinajstić information content (AvgIpc) is 3.44. The zero-order chi connectivity index (χ0) is 22.0. The number of carbonyl (C=O) groups excluding carboxylic acids is 1. The number of para-hydroxylation sites is 1. The molecule has 10 heteroatoms. The topological polar surface area (TPSA) is 85.2 Å². The van der Waals surface area contributed by atoms with Gasteiger partial charge >= 0.3 is 0 Å². The van der Waals surface area contributed by atoms with Crippen LogP contribution in [0.25, 0.3) is 10.2 Å². The van der Waals surface area contributed by atoms with E-state index in [4.69, 9.17) is 0 Å². The fraction of sp³-hybridized carbons (Fsp3) is 0.190. The number of hydrogen-bond donors (Lipinski definition) is 0. The molecule has 160 valence electrons. The number of thiazole rings is 1. The van der Waals surface area contributed by atoms with Crippen LogP contribution in [-0.4, -0.2) is 41.4 Å². The third-order valence-electron chi connectivity index (χ3n) is 4.77. The minimum absolute atomic E-state index is 0.0647. The molecule has 4 rings (SSSR count). The number of halogens is 1. The molecule has 0 N–H and O–H groups in total. The van der Waals surface area contributed by atoms with Crippen LogP contribution in [0.15, 0.2) is 65.8 Å². The summed E-state index contributed by atoms with van der Waals surface area (Å²) in [6.07, 6.45) is 3.41. The van der Waals surface area contributed by atoms with E-state index in [0.717, 1.165) is 0 Å². The first-order chi connectivity index (χ1) is 14.9. The summed E-state index contributed by atoms with van der Waals surface area (Å²) in [5.41, 5.74) is 0.413. The van der Waals surface area contributed by atoms with Crippen LogP contribution in [0.5, 0.6) is 0 Å². The molecule has 0 unspecified atom stereocenters. The van der Waals surface area contributed by atoms with Crippen LogP contribution in [0.2, 0.25) is 0 Å². The van der Waals surface area contributed by atoms with Gasteiger partial charge < -0.3 is 0 Å². The normalized spacial score (nSPS) is 11.7. The standard InChI is InChI=1S/C21H19FN4O3S2/c1-2-31(28,29)16-7-3-6-15(14-16)20(27)26(13-12-25-11-5-10-23-25)21-24-19-17(22)8-4-9-18(19)30-21/h3-11,14H,2,12-13H2,1H3. The van der Waals surface area contributed by atoms with Gasteiger partial charge in [-0.3, -0.25) is 14.4 Å². The van der Waals surface area contributed by atoms with E-state index in [1.54, 1.807) is 54.3 Å². The van der Waals surface area contributed by atoms with Crippen molar-refractivity contribution in [1.82, 2.24) is 14.8 Å². The Hall–Kier alpha value is -3.11. The molecule has 2 aromatic carbocycles. The highest BCUT2D eigenvalue weighted by Gasteiger charge is 2.23. The number of sulfone groups is 1. The molecule has 7 nitrogen and oxygen atoms in total. The van der Waals surface area contributed by atoms with Gasteiger partial charge in [-0.05, 0) is 36.4 Å². The van der Waals surface area contributed by atoms with Crippen molar-refractivity contribution < 1.29 is 17.6 Å². The molecular weight excluding hydrogens is 439 g/mol. The lowest BCUT2D eigenvalue weighted by Gasteiger charge is -2.20. The SMILES string of the molecule is CCS(=O)(=O)c1cccc(C(=O)N(CCn2cccn2)c2nc3c(F)cccc3s2)c1. The number of carbonyl (C=O) groups is 1. The highest BCUT2D eigenvalue weighted by atomic mass is 32.2. The molecule has 31 heavy (non-hydrogen) atoms. The first kappa shape index (κ1) is 21.1. The zero-order valence-electron chi connectivity index (χ0n) is 16.6. The van der Waals surface area contributed by atoms with Crippen LogP contribution in [0.1, 0.15) is 17.3 Å². The van der Waals surface area contributed by atoms with E-state index in [9.17, 15) is 17.6 Å². The van der Waals surface area contributed by atoms with Gasteiger partial charge in [-0.25, -0.2) is 17.8 Å². The maximum atomic E-state index is 14.2. The summed E-state index contributed by atoms with van der Waals surface area (Å²) >= 11 is 1.20. The summed E-state index contributed by atoms with van der Waals surface area (Å²) in [6.45, 7) is 2.17. The van der Waals surface area contributed by atoms with E-state index < -0.39 is 21.6 Å². The minimum atomic E-state index is -3.47. The number of hydrogen-bond acceptors (Lipinski definition) is 6. The molecule has 0 fully saturated rings. The minimum Gasteiger partial charge on any atom is -0.282 e. The Morgan fingerprint density at radius 1 is 1.19 bits per heavy atom. The summed E-state index contributed by atoms with van der Waals surface area (Å²) in [7, 11) is -3.47. The summed E-state index contributed by atoms with van der Waals surface area (Å²) in [5, 5.41) is 4.48. The fourth-order valence-electron chi connectivity index (χ4n) is 3.08. The highest BCUT2D eigenvalue weighted by Crippen LogP contribution is 2.31.